The van der Waals surface area contributed by atoms with E-state index < -0.39 is 6.04 Å². The number of imide groups is 1. The van der Waals surface area contributed by atoms with Gasteiger partial charge in [0.15, 0.2) is 0 Å². The largest absolute Gasteiger partial charge is 0.322 e. The fourth-order valence-electron chi connectivity index (χ4n) is 6.88. The predicted molar refractivity (Wildman–Crippen MR) is 120 cm³/mol. The normalized spacial score (nSPS) is 36.1. The van der Waals surface area contributed by atoms with Crippen LogP contribution in [0.2, 0.25) is 0 Å². The lowest BCUT2D eigenvalue weighted by Crippen LogP contribution is -2.52. The van der Waals surface area contributed by atoms with Gasteiger partial charge in [0, 0.05) is 30.6 Å². The van der Waals surface area contributed by atoms with Crippen molar-refractivity contribution in [3.63, 3.8) is 0 Å². The van der Waals surface area contributed by atoms with Crippen LogP contribution < -0.4 is 10.6 Å². The highest BCUT2D eigenvalue weighted by atomic mass is 16.2. The van der Waals surface area contributed by atoms with Gasteiger partial charge in [0.1, 0.15) is 6.04 Å². The van der Waals surface area contributed by atoms with Crippen LogP contribution in [-0.2, 0) is 22.6 Å². The molecule has 1 saturated heterocycles. The quantitative estimate of drug-likeness (QED) is 0.697. The third-order valence-corrected chi connectivity index (χ3v) is 8.69. The summed E-state index contributed by atoms with van der Waals surface area (Å²) >= 11 is 0. The minimum Gasteiger partial charge on any atom is -0.322 e. The van der Waals surface area contributed by atoms with Gasteiger partial charge in [0.25, 0.3) is 5.91 Å². The Morgan fingerprint density at radius 2 is 1.81 bits per heavy atom. The summed E-state index contributed by atoms with van der Waals surface area (Å²) in [6, 6.07) is 7.05. The van der Waals surface area contributed by atoms with Crippen LogP contribution in [-0.4, -0.2) is 40.7 Å². The van der Waals surface area contributed by atoms with Crippen molar-refractivity contribution in [2.75, 3.05) is 0 Å². The molecule has 5 aliphatic rings. The van der Waals surface area contributed by atoms with E-state index in [-0.39, 0.29) is 17.7 Å². The summed E-state index contributed by atoms with van der Waals surface area (Å²) in [6.07, 6.45) is 11.2. The smallest absolute Gasteiger partial charge is 0.255 e. The highest BCUT2D eigenvalue weighted by Crippen LogP contribution is 2.52. The second-order valence-corrected chi connectivity index (χ2v) is 10.8. The topological polar surface area (TPSA) is 78.5 Å². The van der Waals surface area contributed by atoms with Gasteiger partial charge in [-0.3, -0.25) is 19.7 Å². The second kappa shape index (κ2) is 7.98. The fourth-order valence-corrected chi connectivity index (χ4v) is 6.88. The lowest BCUT2D eigenvalue weighted by Gasteiger charge is -2.35. The van der Waals surface area contributed by atoms with Gasteiger partial charge in [-0.2, -0.15) is 0 Å². The molecule has 2 N–H and O–H groups in total. The van der Waals surface area contributed by atoms with E-state index in [1.807, 2.05) is 6.07 Å². The molecular weight excluding hydrogens is 402 g/mol. The van der Waals surface area contributed by atoms with E-state index in [1.165, 1.54) is 50.5 Å². The summed E-state index contributed by atoms with van der Waals surface area (Å²) in [4.78, 5) is 38.4. The molecule has 4 fully saturated rings. The van der Waals surface area contributed by atoms with Crippen LogP contribution in [0.1, 0.15) is 79.3 Å². The van der Waals surface area contributed by atoms with E-state index in [4.69, 9.17) is 0 Å². The fraction of sp³-hybridized carbons (Fsp3) is 0.654. The molecule has 6 nitrogen and oxygen atoms in total. The standard InChI is InChI=1S/C26H33N3O3/c30-24-8-7-23(25(31)28-24)29-14-19-10-15(5-6-21(19)26(29)32)9-16-3-1-2-4-22(16)27-20-12-17-11-18(17)13-20/h5-6,10,16-18,20,22-23,27H,1-4,7-9,11-14H2,(H,28,30,31)/t16-,17?,18?,20?,22+,23?/m1/s1. The Labute approximate surface area is 189 Å². The zero-order chi connectivity index (χ0) is 21.8. The number of piperidine rings is 1. The number of hydrogen-bond donors (Lipinski definition) is 2. The maximum absolute atomic E-state index is 13.0. The van der Waals surface area contributed by atoms with Crippen molar-refractivity contribution in [1.82, 2.24) is 15.5 Å². The van der Waals surface area contributed by atoms with Crippen LogP contribution in [0.25, 0.3) is 0 Å². The Balaban J connectivity index is 1.13. The van der Waals surface area contributed by atoms with Crippen molar-refractivity contribution < 1.29 is 14.4 Å². The number of fused-ring (bicyclic) bond motifs is 2. The summed E-state index contributed by atoms with van der Waals surface area (Å²) in [5, 5.41) is 6.41. The number of carbonyl (C=O) groups is 3. The van der Waals surface area contributed by atoms with E-state index in [2.05, 4.69) is 22.8 Å². The number of benzene rings is 1. The molecular formula is C26H33N3O3. The third-order valence-electron chi connectivity index (χ3n) is 8.69. The van der Waals surface area contributed by atoms with Crippen LogP contribution in [0.4, 0.5) is 0 Å². The van der Waals surface area contributed by atoms with Gasteiger partial charge < -0.3 is 10.2 Å². The van der Waals surface area contributed by atoms with Crippen molar-refractivity contribution in [3.8, 4) is 0 Å². The lowest BCUT2D eigenvalue weighted by molar-refractivity contribution is -0.136. The molecule has 3 saturated carbocycles. The van der Waals surface area contributed by atoms with Crippen LogP contribution in [0.5, 0.6) is 0 Å². The maximum atomic E-state index is 13.0. The summed E-state index contributed by atoms with van der Waals surface area (Å²) in [5.74, 6) is 2.00. The molecule has 2 heterocycles. The zero-order valence-electron chi connectivity index (χ0n) is 18.6. The van der Waals surface area contributed by atoms with Crippen molar-refractivity contribution in [2.24, 2.45) is 17.8 Å². The summed E-state index contributed by atoms with van der Waals surface area (Å²) < 4.78 is 0. The molecule has 1 aromatic rings. The highest BCUT2D eigenvalue weighted by molar-refractivity contribution is 6.05. The van der Waals surface area contributed by atoms with Gasteiger partial charge >= 0.3 is 0 Å². The molecule has 1 aromatic carbocycles. The first-order chi connectivity index (χ1) is 15.5. The monoisotopic (exact) mass is 435 g/mol. The second-order valence-electron chi connectivity index (χ2n) is 10.8. The molecule has 0 spiro atoms. The van der Waals surface area contributed by atoms with E-state index >= 15 is 0 Å². The molecule has 0 bridgehead atoms. The van der Waals surface area contributed by atoms with E-state index in [9.17, 15) is 14.4 Å². The van der Waals surface area contributed by atoms with Gasteiger partial charge in [-0.05, 0) is 79.9 Å². The Bertz CT molecular complexity index is 950. The Morgan fingerprint density at radius 1 is 1.00 bits per heavy atom. The SMILES string of the molecule is O=C1CCC(N2Cc3cc(C[C@H]4CCCC[C@@H]4NC4CC5CC5C4)ccc3C2=O)C(=O)N1. The molecule has 170 valence electrons. The number of carbonyl (C=O) groups excluding carboxylic acids is 3. The van der Waals surface area contributed by atoms with Gasteiger partial charge in [0.05, 0.1) is 0 Å². The molecule has 0 radical (unpaired) electrons. The number of hydrogen-bond acceptors (Lipinski definition) is 4. The van der Waals surface area contributed by atoms with Crippen molar-refractivity contribution >= 4 is 17.7 Å². The molecule has 3 amide bonds. The third kappa shape index (κ3) is 3.76. The van der Waals surface area contributed by atoms with E-state index in [1.54, 1.807) is 4.90 Å². The number of amides is 3. The van der Waals surface area contributed by atoms with Crippen molar-refractivity contribution in [3.05, 3.63) is 34.9 Å². The van der Waals surface area contributed by atoms with Crippen LogP contribution in [0, 0.1) is 17.8 Å². The first kappa shape index (κ1) is 20.4. The average molecular weight is 436 g/mol. The predicted octanol–water partition coefficient (Wildman–Crippen LogP) is 2.94. The molecule has 0 aromatic heterocycles. The van der Waals surface area contributed by atoms with Crippen LogP contribution in [0.3, 0.4) is 0 Å². The highest BCUT2D eigenvalue weighted by Gasteiger charge is 2.46. The summed E-state index contributed by atoms with van der Waals surface area (Å²) in [6.45, 7) is 0.464. The maximum Gasteiger partial charge on any atom is 0.255 e. The summed E-state index contributed by atoms with van der Waals surface area (Å²) in [7, 11) is 0. The number of nitrogens with one attached hydrogen (secondary N) is 2. The Kier molecular flexibility index (Phi) is 5.09. The van der Waals surface area contributed by atoms with E-state index in [0.29, 0.717) is 36.9 Å². The molecule has 6 rings (SSSR count). The molecule has 5 atom stereocenters. The zero-order valence-corrected chi connectivity index (χ0v) is 18.6. The van der Waals surface area contributed by atoms with Crippen LogP contribution in [0.15, 0.2) is 18.2 Å². The van der Waals surface area contributed by atoms with Gasteiger partial charge in [-0.15, -0.1) is 0 Å². The lowest BCUT2D eigenvalue weighted by atomic mass is 9.80. The number of nitrogens with zero attached hydrogens (tertiary/aromatic N) is 1. The summed E-state index contributed by atoms with van der Waals surface area (Å²) in [5.41, 5.74) is 3.03. The first-order valence-corrected chi connectivity index (χ1v) is 12.6. The molecule has 6 heteroatoms. The number of rotatable bonds is 5. The van der Waals surface area contributed by atoms with Gasteiger partial charge in [-0.25, -0.2) is 0 Å². The van der Waals surface area contributed by atoms with Gasteiger partial charge in [-0.1, -0.05) is 25.0 Å². The Hall–Kier alpha value is -2.21. The molecule has 32 heavy (non-hydrogen) atoms. The van der Waals surface area contributed by atoms with Crippen molar-refractivity contribution in [2.45, 2.75) is 88.9 Å². The minimum absolute atomic E-state index is 0.0851. The molecule has 2 aliphatic heterocycles. The van der Waals surface area contributed by atoms with Gasteiger partial charge in [0.2, 0.25) is 11.8 Å². The average Bonchev–Trinajstić information content (AvgIpc) is 3.25. The Morgan fingerprint density at radius 3 is 2.62 bits per heavy atom. The van der Waals surface area contributed by atoms with E-state index in [0.717, 1.165) is 29.9 Å². The molecule has 3 unspecified atom stereocenters. The molecule has 3 aliphatic carbocycles. The first-order valence-electron chi connectivity index (χ1n) is 12.6. The van der Waals surface area contributed by atoms with Crippen LogP contribution >= 0.6 is 0 Å². The van der Waals surface area contributed by atoms with Crippen molar-refractivity contribution in [1.29, 1.82) is 0 Å². The minimum atomic E-state index is -0.541.